The van der Waals surface area contributed by atoms with Crippen LogP contribution in [0.3, 0.4) is 0 Å². The highest BCUT2D eigenvalue weighted by Gasteiger charge is 2.26. The van der Waals surface area contributed by atoms with Gasteiger partial charge < -0.3 is 14.9 Å². The number of aliphatic hydroxyl groups is 2. The molecule has 5 nitrogen and oxygen atoms in total. The van der Waals surface area contributed by atoms with Gasteiger partial charge in [-0.3, -0.25) is 9.59 Å². The third kappa shape index (κ3) is 6.38. The van der Waals surface area contributed by atoms with E-state index in [-0.39, 0.29) is 18.2 Å². The van der Waals surface area contributed by atoms with Gasteiger partial charge in [-0.2, -0.15) is 0 Å². The van der Waals surface area contributed by atoms with E-state index in [1.54, 1.807) is 20.8 Å². The maximum atomic E-state index is 11.7. The molecule has 0 radical (unpaired) electrons. The van der Waals surface area contributed by atoms with Crippen molar-refractivity contribution in [3.63, 3.8) is 0 Å². The van der Waals surface area contributed by atoms with Crippen molar-refractivity contribution >= 4 is 11.8 Å². The maximum Gasteiger partial charge on any atom is 0.303 e. The van der Waals surface area contributed by atoms with Gasteiger partial charge in [-0.05, 0) is 20.3 Å². The van der Waals surface area contributed by atoms with Gasteiger partial charge in [0.2, 0.25) is 0 Å². The molecule has 0 aromatic heterocycles. The average molecular weight is 246 g/mol. The van der Waals surface area contributed by atoms with Crippen LogP contribution in [0.15, 0.2) is 0 Å². The minimum atomic E-state index is -1.03. The molecule has 2 unspecified atom stereocenters. The Hall–Kier alpha value is -0.940. The van der Waals surface area contributed by atoms with Crippen LogP contribution >= 0.6 is 0 Å². The predicted molar refractivity (Wildman–Crippen MR) is 62.3 cm³/mol. The summed E-state index contributed by atoms with van der Waals surface area (Å²) in [4.78, 5) is 22.5. The van der Waals surface area contributed by atoms with E-state index in [1.165, 1.54) is 6.92 Å². The lowest BCUT2D eigenvalue weighted by Crippen LogP contribution is -2.32. The first-order chi connectivity index (χ1) is 7.69. The lowest BCUT2D eigenvalue weighted by atomic mass is 9.92. The summed E-state index contributed by atoms with van der Waals surface area (Å²) in [7, 11) is 0. The zero-order valence-electron chi connectivity index (χ0n) is 10.9. The van der Waals surface area contributed by atoms with Crippen molar-refractivity contribution in [3.05, 3.63) is 0 Å². The van der Waals surface area contributed by atoms with Gasteiger partial charge in [-0.25, -0.2) is 0 Å². The van der Waals surface area contributed by atoms with E-state index in [1.807, 2.05) is 0 Å². The molecule has 0 aliphatic heterocycles. The highest BCUT2D eigenvalue weighted by atomic mass is 16.6. The minimum absolute atomic E-state index is 0.147. The summed E-state index contributed by atoms with van der Waals surface area (Å²) in [5.41, 5.74) is -0.689. The van der Waals surface area contributed by atoms with Gasteiger partial charge in [0.25, 0.3) is 0 Å². The topological polar surface area (TPSA) is 83.8 Å². The molecular formula is C12H22O5. The molecule has 0 rings (SSSR count). The summed E-state index contributed by atoms with van der Waals surface area (Å²) in [5, 5.41) is 18.0. The normalized spacial score (nSPS) is 15.2. The lowest BCUT2D eigenvalue weighted by molar-refractivity contribution is -0.155. The summed E-state index contributed by atoms with van der Waals surface area (Å²) >= 11 is 0. The summed E-state index contributed by atoms with van der Waals surface area (Å²) < 4.78 is 5.05. The van der Waals surface area contributed by atoms with Crippen molar-refractivity contribution in [2.75, 3.05) is 6.61 Å². The van der Waals surface area contributed by atoms with Gasteiger partial charge in [-0.15, -0.1) is 0 Å². The Balaban J connectivity index is 4.19. The van der Waals surface area contributed by atoms with Gasteiger partial charge >= 0.3 is 5.97 Å². The molecule has 0 heterocycles. The Morgan fingerprint density at radius 1 is 1.35 bits per heavy atom. The van der Waals surface area contributed by atoms with Crippen molar-refractivity contribution in [2.45, 2.75) is 52.2 Å². The van der Waals surface area contributed by atoms with Gasteiger partial charge in [0.15, 0.2) is 0 Å². The fourth-order valence-corrected chi connectivity index (χ4v) is 1.46. The number of ether oxygens (including phenoxy) is 1. The maximum absolute atomic E-state index is 11.7. The quantitative estimate of drug-likeness (QED) is 0.645. The molecule has 17 heavy (non-hydrogen) atoms. The van der Waals surface area contributed by atoms with Crippen molar-refractivity contribution in [1.29, 1.82) is 0 Å². The molecule has 100 valence electrons. The first-order valence-corrected chi connectivity index (χ1v) is 5.71. The second-order valence-electron chi connectivity index (χ2n) is 4.86. The predicted octanol–water partition coefficient (Wildman–Crippen LogP) is 0.667. The number of aliphatic hydroxyl groups excluding tert-OH is 2. The molecule has 0 amide bonds. The molecule has 0 aliphatic rings. The van der Waals surface area contributed by atoms with E-state index in [0.717, 1.165) is 0 Å². The van der Waals surface area contributed by atoms with Gasteiger partial charge in [0.1, 0.15) is 11.4 Å². The molecule has 5 heteroatoms. The van der Waals surface area contributed by atoms with E-state index in [9.17, 15) is 14.7 Å². The van der Waals surface area contributed by atoms with Crippen LogP contribution in [0, 0.1) is 5.92 Å². The van der Waals surface area contributed by atoms with E-state index >= 15 is 0 Å². The number of Topliss-reactive ketones (excluding diaryl/α,β-unsaturated/α-hetero) is 1. The van der Waals surface area contributed by atoms with Crippen molar-refractivity contribution in [2.24, 2.45) is 5.92 Å². The van der Waals surface area contributed by atoms with Crippen molar-refractivity contribution in [1.82, 2.24) is 0 Å². The average Bonchev–Trinajstić information content (AvgIpc) is 2.22. The Bertz CT molecular complexity index is 272. The fraction of sp³-hybridized carbons (Fsp3) is 0.833. The van der Waals surface area contributed by atoms with E-state index < -0.39 is 24.2 Å². The largest absolute Gasteiger partial charge is 0.460 e. The standard InChI is InChI=1S/C12H22O5/c1-8(11(16)7-13)10(15)5-6-12(3,4)17-9(2)14/h8,11,13,16H,5-7H2,1-4H3. The molecule has 0 spiro atoms. The van der Waals surface area contributed by atoms with E-state index in [2.05, 4.69) is 0 Å². The second kappa shape index (κ2) is 6.71. The van der Waals surface area contributed by atoms with Gasteiger partial charge in [-0.1, -0.05) is 6.92 Å². The Labute approximate surface area is 102 Å². The van der Waals surface area contributed by atoms with Crippen LogP contribution in [0.4, 0.5) is 0 Å². The zero-order valence-corrected chi connectivity index (χ0v) is 10.9. The number of rotatable bonds is 7. The molecule has 0 bridgehead atoms. The van der Waals surface area contributed by atoms with Crippen LogP contribution in [-0.2, 0) is 14.3 Å². The number of hydrogen-bond donors (Lipinski definition) is 2. The molecule has 2 N–H and O–H groups in total. The third-order valence-electron chi connectivity index (χ3n) is 2.67. The van der Waals surface area contributed by atoms with Crippen LogP contribution in [0.2, 0.25) is 0 Å². The van der Waals surface area contributed by atoms with E-state index in [0.29, 0.717) is 6.42 Å². The lowest BCUT2D eigenvalue weighted by Gasteiger charge is -2.25. The number of carbonyl (C=O) groups is 2. The first kappa shape index (κ1) is 16.1. The molecule has 0 fully saturated rings. The van der Waals surface area contributed by atoms with Crippen LogP contribution in [0.1, 0.15) is 40.5 Å². The monoisotopic (exact) mass is 246 g/mol. The Morgan fingerprint density at radius 3 is 2.29 bits per heavy atom. The molecule has 0 aliphatic carbocycles. The minimum Gasteiger partial charge on any atom is -0.460 e. The first-order valence-electron chi connectivity index (χ1n) is 5.71. The summed E-state index contributed by atoms with van der Waals surface area (Å²) in [6.45, 7) is 5.92. The highest BCUT2D eigenvalue weighted by Crippen LogP contribution is 2.19. The number of esters is 1. The number of ketones is 1. The smallest absolute Gasteiger partial charge is 0.303 e. The van der Waals surface area contributed by atoms with Crippen LogP contribution < -0.4 is 0 Å². The fourth-order valence-electron chi connectivity index (χ4n) is 1.46. The van der Waals surface area contributed by atoms with Crippen molar-refractivity contribution < 1.29 is 24.5 Å². The van der Waals surface area contributed by atoms with Crippen LogP contribution in [0.25, 0.3) is 0 Å². The van der Waals surface area contributed by atoms with Crippen LogP contribution in [0.5, 0.6) is 0 Å². The highest BCUT2D eigenvalue weighted by molar-refractivity contribution is 5.81. The molecular weight excluding hydrogens is 224 g/mol. The Kier molecular flexibility index (Phi) is 6.34. The van der Waals surface area contributed by atoms with E-state index in [4.69, 9.17) is 9.84 Å². The SMILES string of the molecule is CC(=O)OC(C)(C)CCC(=O)C(C)C(O)CO. The summed E-state index contributed by atoms with van der Waals surface area (Å²) in [6, 6.07) is 0. The molecule has 0 aromatic carbocycles. The second-order valence-corrected chi connectivity index (χ2v) is 4.86. The summed E-state index contributed by atoms with van der Waals surface area (Å²) in [6.07, 6.45) is -0.425. The number of carbonyl (C=O) groups excluding carboxylic acids is 2. The molecule has 0 saturated carbocycles. The zero-order chi connectivity index (χ0) is 13.6. The van der Waals surface area contributed by atoms with Gasteiger partial charge in [0.05, 0.1) is 12.7 Å². The molecule has 2 atom stereocenters. The van der Waals surface area contributed by atoms with Crippen molar-refractivity contribution in [3.8, 4) is 0 Å². The Morgan fingerprint density at radius 2 is 1.88 bits per heavy atom. The molecule has 0 saturated heterocycles. The number of hydrogen-bond acceptors (Lipinski definition) is 5. The third-order valence-corrected chi connectivity index (χ3v) is 2.67. The van der Waals surface area contributed by atoms with Crippen LogP contribution in [-0.4, -0.2) is 40.3 Å². The van der Waals surface area contributed by atoms with Gasteiger partial charge in [0, 0.05) is 19.3 Å². The molecule has 0 aromatic rings. The summed E-state index contributed by atoms with van der Waals surface area (Å²) in [5.74, 6) is -1.13.